The van der Waals surface area contributed by atoms with Gasteiger partial charge >= 0.3 is 0 Å². The first-order valence-corrected chi connectivity index (χ1v) is 7.10. The van der Waals surface area contributed by atoms with Crippen LogP contribution in [0, 0.1) is 0 Å². The molecule has 0 aliphatic heterocycles. The summed E-state index contributed by atoms with van der Waals surface area (Å²) in [6, 6.07) is 11.2. The molecule has 0 fully saturated rings. The predicted molar refractivity (Wildman–Crippen MR) is 78.0 cm³/mol. The third kappa shape index (κ3) is 4.79. The van der Waals surface area contributed by atoms with Gasteiger partial charge in [0.2, 0.25) is 0 Å². The Hall–Kier alpha value is -0.860. The van der Waals surface area contributed by atoms with Gasteiger partial charge in [-0.1, -0.05) is 50.6 Å². The van der Waals surface area contributed by atoms with E-state index in [0.717, 1.165) is 13.2 Å². The third-order valence-corrected chi connectivity index (χ3v) is 3.32. The largest absolute Gasteiger partial charge is 0.384 e. The normalized spacial score (nSPS) is 14.4. The Bertz CT molecular complexity index is 299. The fourth-order valence-corrected chi connectivity index (χ4v) is 2.41. The molecule has 2 atom stereocenters. The number of methoxy groups -OCH3 is 1. The smallest absolute Gasteiger partial charge is 0.0545 e. The van der Waals surface area contributed by atoms with Gasteiger partial charge in [-0.25, -0.2) is 0 Å². The molecular formula is C16H27NO. The Morgan fingerprint density at radius 2 is 1.83 bits per heavy atom. The van der Waals surface area contributed by atoms with E-state index in [1.54, 1.807) is 7.11 Å². The highest BCUT2D eigenvalue weighted by Gasteiger charge is 2.21. The van der Waals surface area contributed by atoms with Crippen LogP contribution in [0.5, 0.6) is 0 Å². The molecule has 0 bridgehead atoms. The number of benzene rings is 1. The van der Waals surface area contributed by atoms with Gasteiger partial charge in [0.15, 0.2) is 0 Å². The fraction of sp³-hybridized carbons (Fsp3) is 0.625. The summed E-state index contributed by atoms with van der Waals surface area (Å²) in [6.07, 6.45) is 3.58. The second-order valence-electron chi connectivity index (χ2n) is 4.82. The highest BCUT2D eigenvalue weighted by atomic mass is 16.5. The summed E-state index contributed by atoms with van der Waals surface area (Å²) in [5, 5.41) is 3.67. The van der Waals surface area contributed by atoms with Crippen LogP contribution in [-0.2, 0) is 4.74 Å². The Balaban J connectivity index is 2.78. The summed E-state index contributed by atoms with van der Waals surface area (Å²) >= 11 is 0. The van der Waals surface area contributed by atoms with Crippen LogP contribution in [0.2, 0.25) is 0 Å². The van der Waals surface area contributed by atoms with E-state index >= 15 is 0 Å². The Morgan fingerprint density at radius 1 is 1.11 bits per heavy atom. The average molecular weight is 249 g/mol. The lowest BCUT2D eigenvalue weighted by molar-refractivity contribution is 0.160. The molecule has 1 N–H and O–H groups in total. The van der Waals surface area contributed by atoms with Crippen LogP contribution in [0.25, 0.3) is 0 Å². The molecule has 2 nitrogen and oxygen atoms in total. The minimum Gasteiger partial charge on any atom is -0.384 e. The predicted octanol–water partition coefficient (Wildman–Crippen LogP) is 3.58. The molecule has 1 aromatic rings. The number of hydrogen-bond donors (Lipinski definition) is 1. The minimum atomic E-state index is 0.447. The molecule has 1 aromatic carbocycles. The molecule has 0 aliphatic rings. The van der Waals surface area contributed by atoms with Crippen LogP contribution in [0.15, 0.2) is 30.3 Å². The maximum absolute atomic E-state index is 5.43. The summed E-state index contributed by atoms with van der Waals surface area (Å²) in [5.74, 6) is 0.447. The topological polar surface area (TPSA) is 21.3 Å². The van der Waals surface area contributed by atoms with Crippen LogP contribution in [0.3, 0.4) is 0 Å². The first-order chi connectivity index (χ1) is 8.83. The van der Waals surface area contributed by atoms with Crippen molar-refractivity contribution in [2.24, 2.45) is 0 Å². The second kappa shape index (κ2) is 9.12. The molecule has 0 saturated heterocycles. The molecule has 0 heterocycles. The highest BCUT2D eigenvalue weighted by molar-refractivity contribution is 5.21. The van der Waals surface area contributed by atoms with E-state index < -0.39 is 0 Å². The molecule has 0 aliphatic carbocycles. The van der Waals surface area contributed by atoms with Crippen molar-refractivity contribution in [3.63, 3.8) is 0 Å². The van der Waals surface area contributed by atoms with Crippen molar-refractivity contribution in [1.29, 1.82) is 0 Å². The third-order valence-electron chi connectivity index (χ3n) is 3.32. The minimum absolute atomic E-state index is 0.447. The van der Waals surface area contributed by atoms with Crippen LogP contribution in [-0.4, -0.2) is 26.3 Å². The van der Waals surface area contributed by atoms with Gasteiger partial charge in [0.05, 0.1) is 6.61 Å². The molecule has 102 valence electrons. The van der Waals surface area contributed by atoms with Gasteiger partial charge in [0, 0.05) is 19.1 Å². The van der Waals surface area contributed by atoms with Crippen LogP contribution in [0.4, 0.5) is 0 Å². The monoisotopic (exact) mass is 249 g/mol. The van der Waals surface area contributed by atoms with Gasteiger partial charge in [0.25, 0.3) is 0 Å². The van der Waals surface area contributed by atoms with Crippen molar-refractivity contribution in [2.45, 2.75) is 45.1 Å². The van der Waals surface area contributed by atoms with Crippen LogP contribution >= 0.6 is 0 Å². The quantitative estimate of drug-likeness (QED) is 0.722. The number of ether oxygens (including phenoxy) is 1. The van der Waals surface area contributed by atoms with E-state index in [2.05, 4.69) is 49.5 Å². The first-order valence-electron chi connectivity index (χ1n) is 7.10. The summed E-state index contributed by atoms with van der Waals surface area (Å²) in [7, 11) is 1.79. The Morgan fingerprint density at radius 3 is 2.39 bits per heavy atom. The molecule has 2 heteroatoms. The van der Waals surface area contributed by atoms with Gasteiger partial charge in [-0.15, -0.1) is 0 Å². The van der Waals surface area contributed by atoms with Crippen LogP contribution in [0.1, 0.15) is 44.6 Å². The Labute approximate surface area is 112 Å². The summed E-state index contributed by atoms with van der Waals surface area (Å²) in [5.41, 5.74) is 1.38. The van der Waals surface area contributed by atoms with Gasteiger partial charge in [-0.2, -0.15) is 0 Å². The molecule has 0 spiro atoms. The lowest BCUT2D eigenvalue weighted by Crippen LogP contribution is -2.37. The van der Waals surface area contributed by atoms with Gasteiger partial charge < -0.3 is 10.1 Å². The number of hydrogen-bond acceptors (Lipinski definition) is 2. The molecular weight excluding hydrogens is 222 g/mol. The van der Waals surface area contributed by atoms with E-state index in [9.17, 15) is 0 Å². The maximum atomic E-state index is 5.43. The standard InChI is InChI=1S/C16H27NO/c1-4-9-16(17-12-5-2)15(13-18-3)14-10-7-6-8-11-14/h6-8,10-11,15-17H,4-5,9,12-13H2,1-3H3. The van der Waals surface area contributed by atoms with E-state index in [-0.39, 0.29) is 0 Å². The van der Waals surface area contributed by atoms with Crippen LogP contribution < -0.4 is 5.32 Å². The van der Waals surface area contributed by atoms with E-state index in [1.807, 2.05) is 0 Å². The second-order valence-corrected chi connectivity index (χ2v) is 4.82. The average Bonchev–Trinajstić information content (AvgIpc) is 2.42. The molecule has 0 amide bonds. The van der Waals surface area contributed by atoms with Crippen molar-refractivity contribution in [2.75, 3.05) is 20.3 Å². The van der Waals surface area contributed by atoms with E-state index in [4.69, 9.17) is 4.74 Å². The molecule has 2 unspecified atom stereocenters. The Kier molecular flexibility index (Phi) is 7.70. The van der Waals surface area contributed by atoms with Gasteiger partial charge in [-0.05, 0) is 24.9 Å². The van der Waals surface area contributed by atoms with Crippen molar-refractivity contribution >= 4 is 0 Å². The zero-order valence-corrected chi connectivity index (χ0v) is 12.0. The van der Waals surface area contributed by atoms with Crippen molar-refractivity contribution in [3.05, 3.63) is 35.9 Å². The van der Waals surface area contributed by atoms with Crippen molar-refractivity contribution in [3.8, 4) is 0 Å². The zero-order chi connectivity index (χ0) is 13.2. The maximum Gasteiger partial charge on any atom is 0.0545 e. The zero-order valence-electron chi connectivity index (χ0n) is 12.0. The molecule has 0 radical (unpaired) electrons. The van der Waals surface area contributed by atoms with Crippen molar-refractivity contribution < 1.29 is 4.74 Å². The molecule has 1 rings (SSSR count). The fourth-order valence-electron chi connectivity index (χ4n) is 2.41. The number of rotatable bonds is 9. The highest BCUT2D eigenvalue weighted by Crippen LogP contribution is 2.23. The lowest BCUT2D eigenvalue weighted by atomic mass is 9.89. The van der Waals surface area contributed by atoms with Gasteiger partial charge in [-0.3, -0.25) is 0 Å². The molecule has 0 aromatic heterocycles. The first kappa shape index (κ1) is 15.2. The van der Waals surface area contributed by atoms with Gasteiger partial charge in [0.1, 0.15) is 0 Å². The number of nitrogens with one attached hydrogen (secondary N) is 1. The summed E-state index contributed by atoms with van der Waals surface area (Å²) < 4.78 is 5.43. The van der Waals surface area contributed by atoms with E-state index in [0.29, 0.717) is 12.0 Å². The SMILES string of the molecule is CCCNC(CCC)C(COC)c1ccccc1. The van der Waals surface area contributed by atoms with Crippen molar-refractivity contribution in [1.82, 2.24) is 5.32 Å². The molecule has 0 saturated carbocycles. The summed E-state index contributed by atoms with van der Waals surface area (Å²) in [6.45, 7) is 6.32. The molecule has 18 heavy (non-hydrogen) atoms. The lowest BCUT2D eigenvalue weighted by Gasteiger charge is -2.28. The summed E-state index contributed by atoms with van der Waals surface area (Å²) in [4.78, 5) is 0. The van der Waals surface area contributed by atoms with E-state index in [1.165, 1.54) is 24.8 Å².